The molecule has 134 valence electrons. The second-order valence-corrected chi connectivity index (χ2v) is 6.91. The first-order valence-electron chi connectivity index (χ1n) is 7.99. The molecular weight excluding hydrogens is 348 g/mol. The molecule has 3 rings (SSSR count). The molecule has 1 fully saturated rings. The molecule has 1 aliphatic rings. The number of nitrogens with zero attached hydrogens (tertiary/aromatic N) is 4. The van der Waals surface area contributed by atoms with Gasteiger partial charge in [-0.25, -0.2) is 8.78 Å². The quantitative estimate of drug-likeness (QED) is 0.822. The second-order valence-electron chi connectivity index (χ2n) is 5.97. The van der Waals surface area contributed by atoms with Crippen LogP contribution in [0.4, 0.5) is 14.5 Å². The van der Waals surface area contributed by atoms with Crippen LogP contribution in [0.1, 0.15) is 12.8 Å². The molecule has 6 nitrogen and oxygen atoms in total. The van der Waals surface area contributed by atoms with Gasteiger partial charge >= 0.3 is 0 Å². The number of carbonyl (C=O) groups is 1. The van der Waals surface area contributed by atoms with E-state index in [2.05, 4.69) is 15.5 Å². The lowest BCUT2D eigenvalue weighted by Crippen LogP contribution is -2.45. The number of thioether (sulfide) groups is 1. The number of likely N-dealkylation sites (tertiary alicyclic amines) is 1. The van der Waals surface area contributed by atoms with Crippen molar-refractivity contribution in [2.75, 3.05) is 24.2 Å². The second kappa shape index (κ2) is 7.81. The van der Waals surface area contributed by atoms with Gasteiger partial charge in [-0.1, -0.05) is 11.8 Å². The summed E-state index contributed by atoms with van der Waals surface area (Å²) in [7, 11) is 1.83. The van der Waals surface area contributed by atoms with Crippen molar-refractivity contribution in [2.45, 2.75) is 24.0 Å². The van der Waals surface area contributed by atoms with Gasteiger partial charge in [0.25, 0.3) is 0 Å². The van der Waals surface area contributed by atoms with E-state index in [0.29, 0.717) is 29.7 Å². The lowest BCUT2D eigenvalue weighted by molar-refractivity contribution is -0.129. The van der Waals surface area contributed by atoms with E-state index in [-0.39, 0.29) is 11.9 Å². The van der Waals surface area contributed by atoms with Gasteiger partial charge in [-0.15, -0.1) is 10.2 Å². The number of amides is 1. The van der Waals surface area contributed by atoms with E-state index in [9.17, 15) is 13.6 Å². The number of rotatable bonds is 5. The number of aryl methyl sites for hydroxylation is 1. The van der Waals surface area contributed by atoms with E-state index in [1.807, 2.05) is 7.05 Å². The molecule has 0 aliphatic carbocycles. The van der Waals surface area contributed by atoms with Crippen molar-refractivity contribution < 1.29 is 13.6 Å². The van der Waals surface area contributed by atoms with Crippen LogP contribution in [-0.2, 0) is 11.8 Å². The van der Waals surface area contributed by atoms with Gasteiger partial charge in [0.05, 0.1) is 5.75 Å². The Morgan fingerprint density at radius 3 is 2.96 bits per heavy atom. The first-order valence-corrected chi connectivity index (χ1v) is 8.97. The molecule has 2 heterocycles. The monoisotopic (exact) mass is 367 g/mol. The van der Waals surface area contributed by atoms with Crippen LogP contribution in [0.25, 0.3) is 0 Å². The smallest absolute Gasteiger partial charge is 0.233 e. The molecule has 1 N–H and O–H groups in total. The molecule has 2 aromatic rings. The third kappa shape index (κ3) is 4.47. The minimum absolute atomic E-state index is 0.0161. The Kier molecular flexibility index (Phi) is 5.52. The fraction of sp³-hybridized carbons (Fsp3) is 0.438. The first-order chi connectivity index (χ1) is 12.0. The average Bonchev–Trinajstić information content (AvgIpc) is 3.01. The SMILES string of the molecule is Cn1cnnc1SCC(=O)N1CCCC(Nc2ccc(F)c(F)c2)C1. The summed E-state index contributed by atoms with van der Waals surface area (Å²) in [4.78, 5) is 14.2. The molecule has 1 aromatic carbocycles. The van der Waals surface area contributed by atoms with Crippen molar-refractivity contribution in [2.24, 2.45) is 7.05 Å². The zero-order chi connectivity index (χ0) is 17.8. The number of hydrogen-bond acceptors (Lipinski definition) is 5. The van der Waals surface area contributed by atoms with Gasteiger partial charge in [0.1, 0.15) is 6.33 Å². The predicted octanol–water partition coefficient (Wildman–Crippen LogP) is 2.29. The fourth-order valence-corrected chi connectivity index (χ4v) is 3.55. The van der Waals surface area contributed by atoms with E-state index in [1.54, 1.807) is 15.8 Å². The van der Waals surface area contributed by atoms with Crippen LogP contribution >= 0.6 is 11.8 Å². The van der Waals surface area contributed by atoms with Crippen LogP contribution in [-0.4, -0.2) is 50.5 Å². The Morgan fingerprint density at radius 1 is 1.40 bits per heavy atom. The Labute approximate surface area is 148 Å². The number of nitrogens with one attached hydrogen (secondary N) is 1. The maximum absolute atomic E-state index is 13.3. The number of hydrogen-bond donors (Lipinski definition) is 1. The highest BCUT2D eigenvalue weighted by Crippen LogP contribution is 2.20. The minimum atomic E-state index is -0.881. The van der Waals surface area contributed by atoms with Crippen LogP contribution < -0.4 is 5.32 Å². The standard InChI is InChI=1S/C16H19F2N5OS/c1-22-10-19-21-16(22)25-9-15(24)23-6-2-3-12(8-23)20-11-4-5-13(17)14(18)7-11/h4-5,7,10,12,20H,2-3,6,8-9H2,1H3. The first kappa shape index (κ1) is 17.7. The molecule has 0 spiro atoms. The molecule has 1 amide bonds. The number of carbonyl (C=O) groups excluding carboxylic acids is 1. The number of halogens is 2. The number of anilines is 1. The molecule has 0 radical (unpaired) electrons. The summed E-state index contributed by atoms with van der Waals surface area (Å²) in [5, 5.41) is 11.6. The molecule has 25 heavy (non-hydrogen) atoms. The number of aromatic nitrogens is 3. The Hall–Kier alpha value is -2.16. The third-order valence-corrected chi connectivity index (χ3v) is 5.08. The topological polar surface area (TPSA) is 63.1 Å². The molecule has 0 saturated carbocycles. The summed E-state index contributed by atoms with van der Waals surface area (Å²) in [5.41, 5.74) is 0.520. The summed E-state index contributed by atoms with van der Waals surface area (Å²) in [6.07, 6.45) is 3.33. The summed E-state index contributed by atoms with van der Waals surface area (Å²) in [6.45, 7) is 1.24. The summed E-state index contributed by atoms with van der Waals surface area (Å²) >= 11 is 1.35. The van der Waals surface area contributed by atoms with Gasteiger partial charge in [-0.2, -0.15) is 0 Å². The highest BCUT2D eigenvalue weighted by Gasteiger charge is 2.24. The van der Waals surface area contributed by atoms with Crippen molar-refractivity contribution >= 4 is 23.4 Å². The van der Waals surface area contributed by atoms with Gasteiger partial charge in [0.15, 0.2) is 16.8 Å². The Balaban J connectivity index is 1.54. The van der Waals surface area contributed by atoms with E-state index in [0.717, 1.165) is 25.0 Å². The van der Waals surface area contributed by atoms with Crippen molar-refractivity contribution in [3.63, 3.8) is 0 Å². The van der Waals surface area contributed by atoms with Gasteiger partial charge in [-0.05, 0) is 25.0 Å². The summed E-state index contributed by atoms with van der Waals surface area (Å²) in [5.74, 6) is -1.42. The molecule has 0 bridgehead atoms. The molecule has 9 heteroatoms. The highest BCUT2D eigenvalue weighted by molar-refractivity contribution is 7.99. The Morgan fingerprint density at radius 2 is 2.24 bits per heavy atom. The molecule has 1 aliphatic heterocycles. The largest absolute Gasteiger partial charge is 0.380 e. The number of benzene rings is 1. The highest BCUT2D eigenvalue weighted by atomic mass is 32.2. The van der Waals surface area contributed by atoms with Gasteiger partial charge < -0.3 is 14.8 Å². The zero-order valence-electron chi connectivity index (χ0n) is 13.8. The van der Waals surface area contributed by atoms with E-state index < -0.39 is 11.6 Å². The minimum Gasteiger partial charge on any atom is -0.380 e. The summed E-state index contributed by atoms with van der Waals surface area (Å²) < 4.78 is 28.1. The van der Waals surface area contributed by atoms with E-state index in [4.69, 9.17) is 0 Å². The lowest BCUT2D eigenvalue weighted by Gasteiger charge is -2.33. The van der Waals surface area contributed by atoms with Crippen molar-refractivity contribution in [3.8, 4) is 0 Å². The molecule has 1 unspecified atom stereocenters. The molecule has 1 atom stereocenters. The fourth-order valence-electron chi connectivity index (χ4n) is 2.76. The normalized spacial score (nSPS) is 17.6. The maximum Gasteiger partial charge on any atom is 0.233 e. The molecular formula is C16H19F2N5OS. The number of piperidine rings is 1. The van der Waals surface area contributed by atoms with Crippen LogP contribution in [0.3, 0.4) is 0 Å². The average molecular weight is 367 g/mol. The van der Waals surface area contributed by atoms with E-state index in [1.165, 1.54) is 17.8 Å². The van der Waals surface area contributed by atoms with Crippen LogP contribution in [0.15, 0.2) is 29.7 Å². The van der Waals surface area contributed by atoms with Crippen LogP contribution in [0.5, 0.6) is 0 Å². The van der Waals surface area contributed by atoms with Gasteiger partial charge in [0.2, 0.25) is 5.91 Å². The van der Waals surface area contributed by atoms with Crippen molar-refractivity contribution in [3.05, 3.63) is 36.2 Å². The zero-order valence-corrected chi connectivity index (χ0v) is 14.6. The Bertz CT molecular complexity index is 754. The maximum atomic E-state index is 13.3. The third-order valence-electron chi connectivity index (χ3n) is 4.06. The van der Waals surface area contributed by atoms with Crippen molar-refractivity contribution in [1.29, 1.82) is 0 Å². The van der Waals surface area contributed by atoms with Crippen LogP contribution in [0, 0.1) is 11.6 Å². The molecule has 1 aromatic heterocycles. The van der Waals surface area contributed by atoms with Crippen molar-refractivity contribution in [1.82, 2.24) is 19.7 Å². The van der Waals surface area contributed by atoms with E-state index >= 15 is 0 Å². The van der Waals surface area contributed by atoms with Crippen LogP contribution in [0.2, 0.25) is 0 Å². The summed E-state index contributed by atoms with van der Waals surface area (Å²) in [6, 6.07) is 3.76. The predicted molar refractivity (Wildman–Crippen MR) is 91.3 cm³/mol. The lowest BCUT2D eigenvalue weighted by atomic mass is 10.1. The molecule has 1 saturated heterocycles. The van der Waals surface area contributed by atoms with Gasteiger partial charge in [0, 0.05) is 37.9 Å². The van der Waals surface area contributed by atoms with Gasteiger partial charge in [-0.3, -0.25) is 4.79 Å².